The number of carbonyl (C=O) groups excluding carboxylic acids is 2. The summed E-state index contributed by atoms with van der Waals surface area (Å²) in [6.07, 6.45) is 3.49. The maximum Gasteiger partial charge on any atom is 0.257 e. The number of rotatable bonds is 7. The molecule has 9 heteroatoms. The first-order valence-corrected chi connectivity index (χ1v) is 10.6. The third-order valence-electron chi connectivity index (χ3n) is 5.87. The Hall–Kier alpha value is -3.10. The lowest BCUT2D eigenvalue weighted by atomic mass is 10.1. The highest BCUT2D eigenvalue weighted by Crippen LogP contribution is 2.33. The van der Waals surface area contributed by atoms with E-state index in [9.17, 15) is 9.59 Å². The van der Waals surface area contributed by atoms with Gasteiger partial charge in [-0.1, -0.05) is 10.3 Å². The molecule has 0 atom stereocenters. The Kier molecular flexibility index (Phi) is 6.11. The standard InChI is InChI=1S/C22H28N4O5/c1-14-19(24-31-23-14)13-25(2)22(28)18-12-17(29-3)6-7-20(18)30-16-8-10-26(11-9-16)21(27)15-4-5-15/h6-7,12,15-16H,4-5,8-11,13H2,1-3H3. The average Bonchev–Trinajstić information content (AvgIpc) is 3.56. The molecule has 9 nitrogen and oxygen atoms in total. The molecule has 0 spiro atoms. The second-order valence-corrected chi connectivity index (χ2v) is 8.24. The molecule has 1 aromatic heterocycles. The molecule has 1 aliphatic carbocycles. The summed E-state index contributed by atoms with van der Waals surface area (Å²) in [4.78, 5) is 29.0. The minimum atomic E-state index is -0.211. The molecule has 1 aromatic carbocycles. The van der Waals surface area contributed by atoms with Gasteiger partial charge in [0.2, 0.25) is 5.91 Å². The summed E-state index contributed by atoms with van der Waals surface area (Å²) in [6, 6.07) is 5.24. The molecular formula is C22H28N4O5. The van der Waals surface area contributed by atoms with Crippen LogP contribution in [-0.4, -0.2) is 65.3 Å². The summed E-state index contributed by atoms with van der Waals surface area (Å²) in [5, 5.41) is 7.61. The quantitative estimate of drug-likeness (QED) is 0.668. The number of aromatic nitrogens is 2. The molecule has 0 radical (unpaired) electrons. The molecular weight excluding hydrogens is 400 g/mol. The van der Waals surface area contributed by atoms with Crippen molar-refractivity contribution in [3.8, 4) is 11.5 Å². The van der Waals surface area contributed by atoms with Gasteiger partial charge in [-0.25, -0.2) is 4.63 Å². The van der Waals surface area contributed by atoms with E-state index < -0.39 is 0 Å². The zero-order valence-corrected chi connectivity index (χ0v) is 18.2. The Morgan fingerprint density at radius 3 is 2.55 bits per heavy atom. The zero-order valence-electron chi connectivity index (χ0n) is 18.2. The Morgan fingerprint density at radius 2 is 1.94 bits per heavy atom. The third-order valence-corrected chi connectivity index (χ3v) is 5.87. The minimum absolute atomic E-state index is 0.0458. The van der Waals surface area contributed by atoms with Gasteiger partial charge in [-0.05, 0) is 38.0 Å². The van der Waals surface area contributed by atoms with Crippen LogP contribution in [0.1, 0.15) is 47.4 Å². The largest absolute Gasteiger partial charge is 0.497 e. The summed E-state index contributed by atoms with van der Waals surface area (Å²) >= 11 is 0. The predicted octanol–water partition coefficient (Wildman–Crippen LogP) is 2.44. The van der Waals surface area contributed by atoms with Gasteiger partial charge in [-0.15, -0.1) is 0 Å². The Bertz CT molecular complexity index is 947. The average molecular weight is 428 g/mol. The van der Waals surface area contributed by atoms with E-state index in [0.29, 0.717) is 41.5 Å². The fourth-order valence-electron chi connectivity index (χ4n) is 3.76. The van der Waals surface area contributed by atoms with Gasteiger partial charge in [0.15, 0.2) is 0 Å². The van der Waals surface area contributed by atoms with Crippen molar-refractivity contribution in [1.82, 2.24) is 20.1 Å². The fraction of sp³-hybridized carbons (Fsp3) is 0.545. The normalized spacial score (nSPS) is 16.8. The molecule has 2 amide bonds. The maximum atomic E-state index is 13.2. The van der Waals surface area contributed by atoms with Crippen LogP contribution in [0.5, 0.6) is 11.5 Å². The van der Waals surface area contributed by atoms with E-state index in [0.717, 1.165) is 25.7 Å². The SMILES string of the molecule is COc1ccc(OC2CCN(C(=O)C3CC3)CC2)c(C(=O)N(C)Cc2nonc2C)c1. The van der Waals surface area contributed by atoms with Gasteiger partial charge in [-0.3, -0.25) is 9.59 Å². The molecule has 0 unspecified atom stereocenters. The summed E-state index contributed by atoms with van der Waals surface area (Å²) in [7, 11) is 3.26. The van der Waals surface area contributed by atoms with Crippen LogP contribution in [0.2, 0.25) is 0 Å². The molecule has 1 aliphatic heterocycles. The van der Waals surface area contributed by atoms with Crippen molar-refractivity contribution in [2.24, 2.45) is 5.92 Å². The molecule has 4 rings (SSSR count). The van der Waals surface area contributed by atoms with E-state index in [4.69, 9.17) is 14.1 Å². The van der Waals surface area contributed by atoms with E-state index in [1.54, 1.807) is 44.2 Å². The number of likely N-dealkylation sites (tertiary alicyclic amines) is 1. The van der Waals surface area contributed by atoms with Crippen LogP contribution in [0.4, 0.5) is 0 Å². The van der Waals surface area contributed by atoms with Crippen molar-refractivity contribution in [3.63, 3.8) is 0 Å². The smallest absolute Gasteiger partial charge is 0.257 e. The highest BCUT2D eigenvalue weighted by molar-refractivity contribution is 5.97. The fourth-order valence-corrected chi connectivity index (χ4v) is 3.76. The summed E-state index contributed by atoms with van der Waals surface area (Å²) < 4.78 is 16.3. The monoisotopic (exact) mass is 428 g/mol. The number of benzene rings is 1. The van der Waals surface area contributed by atoms with Crippen molar-refractivity contribution in [2.75, 3.05) is 27.2 Å². The first-order chi connectivity index (χ1) is 15.0. The Morgan fingerprint density at radius 1 is 1.19 bits per heavy atom. The lowest BCUT2D eigenvalue weighted by Gasteiger charge is -2.32. The van der Waals surface area contributed by atoms with Gasteiger partial charge in [0, 0.05) is 38.9 Å². The van der Waals surface area contributed by atoms with Crippen LogP contribution < -0.4 is 9.47 Å². The number of aryl methyl sites for hydroxylation is 1. The van der Waals surface area contributed by atoms with Crippen molar-refractivity contribution in [3.05, 3.63) is 35.2 Å². The summed E-state index contributed by atoms with van der Waals surface area (Å²) in [5.74, 6) is 1.39. The number of piperidine rings is 1. The van der Waals surface area contributed by atoms with E-state index in [2.05, 4.69) is 10.3 Å². The van der Waals surface area contributed by atoms with Gasteiger partial charge in [-0.2, -0.15) is 0 Å². The van der Waals surface area contributed by atoms with Crippen LogP contribution in [0.3, 0.4) is 0 Å². The van der Waals surface area contributed by atoms with Gasteiger partial charge in [0.25, 0.3) is 5.91 Å². The van der Waals surface area contributed by atoms with Crippen molar-refractivity contribution in [2.45, 2.75) is 45.3 Å². The van der Waals surface area contributed by atoms with Crippen LogP contribution in [-0.2, 0) is 11.3 Å². The van der Waals surface area contributed by atoms with Gasteiger partial charge in [0.1, 0.15) is 29.0 Å². The Balaban J connectivity index is 1.44. The first-order valence-electron chi connectivity index (χ1n) is 10.6. The molecule has 2 heterocycles. The second-order valence-electron chi connectivity index (χ2n) is 8.24. The summed E-state index contributed by atoms with van der Waals surface area (Å²) in [5.41, 5.74) is 1.68. The molecule has 31 heavy (non-hydrogen) atoms. The number of hydrogen-bond acceptors (Lipinski definition) is 7. The number of nitrogens with zero attached hydrogens (tertiary/aromatic N) is 4. The number of ether oxygens (including phenoxy) is 2. The predicted molar refractivity (Wildman–Crippen MR) is 111 cm³/mol. The van der Waals surface area contributed by atoms with Gasteiger partial charge >= 0.3 is 0 Å². The lowest BCUT2D eigenvalue weighted by Crippen LogP contribution is -2.42. The van der Waals surface area contributed by atoms with Crippen LogP contribution in [0.25, 0.3) is 0 Å². The molecule has 2 fully saturated rings. The van der Waals surface area contributed by atoms with Gasteiger partial charge in [0.05, 0.1) is 19.2 Å². The zero-order chi connectivity index (χ0) is 22.0. The number of amides is 2. The number of carbonyl (C=O) groups is 2. The van der Waals surface area contributed by atoms with E-state index >= 15 is 0 Å². The molecule has 1 saturated heterocycles. The van der Waals surface area contributed by atoms with Crippen molar-refractivity contribution < 1.29 is 23.7 Å². The number of hydrogen-bond donors (Lipinski definition) is 0. The minimum Gasteiger partial charge on any atom is -0.497 e. The maximum absolute atomic E-state index is 13.2. The van der Waals surface area contributed by atoms with Crippen molar-refractivity contribution in [1.29, 1.82) is 0 Å². The second kappa shape index (κ2) is 8.95. The van der Waals surface area contributed by atoms with E-state index in [-0.39, 0.29) is 30.4 Å². The highest BCUT2D eigenvalue weighted by atomic mass is 16.6. The van der Waals surface area contributed by atoms with Crippen LogP contribution >= 0.6 is 0 Å². The molecule has 0 N–H and O–H groups in total. The van der Waals surface area contributed by atoms with E-state index in [1.807, 2.05) is 4.90 Å². The van der Waals surface area contributed by atoms with Crippen LogP contribution in [0.15, 0.2) is 22.8 Å². The Labute approximate surface area is 181 Å². The molecule has 0 bridgehead atoms. The lowest BCUT2D eigenvalue weighted by molar-refractivity contribution is -0.134. The summed E-state index contributed by atoms with van der Waals surface area (Å²) in [6.45, 7) is 3.44. The molecule has 1 saturated carbocycles. The van der Waals surface area contributed by atoms with Crippen molar-refractivity contribution >= 4 is 11.8 Å². The topological polar surface area (TPSA) is 98.0 Å². The van der Waals surface area contributed by atoms with E-state index in [1.165, 1.54) is 0 Å². The molecule has 2 aromatic rings. The molecule has 166 valence electrons. The third kappa shape index (κ3) is 4.81. The first kappa shape index (κ1) is 21.1. The number of methoxy groups -OCH3 is 1. The van der Waals surface area contributed by atoms with Gasteiger partial charge < -0.3 is 19.3 Å². The highest BCUT2D eigenvalue weighted by Gasteiger charge is 2.35. The molecule has 2 aliphatic rings. The van der Waals surface area contributed by atoms with Crippen LogP contribution in [0, 0.1) is 12.8 Å².